The fourth-order valence-electron chi connectivity index (χ4n) is 3.04. The van der Waals surface area contributed by atoms with Crippen LogP contribution in [0, 0.1) is 0 Å². The minimum absolute atomic E-state index is 0.0298. The second kappa shape index (κ2) is 7.12. The summed E-state index contributed by atoms with van der Waals surface area (Å²) >= 11 is 0. The number of hydrogen-bond acceptors (Lipinski definition) is 6. The largest absolute Gasteiger partial charge is 0.545 e. The van der Waals surface area contributed by atoms with Crippen molar-refractivity contribution >= 4 is 23.5 Å². The van der Waals surface area contributed by atoms with Crippen LogP contribution in [0.4, 0.5) is 5.69 Å². The van der Waals surface area contributed by atoms with E-state index in [2.05, 4.69) is 0 Å². The molecule has 4 rings (SSSR count). The van der Waals surface area contributed by atoms with Gasteiger partial charge in [0.05, 0.1) is 29.9 Å². The van der Waals surface area contributed by atoms with E-state index in [1.54, 1.807) is 30.3 Å². The lowest BCUT2D eigenvalue weighted by Crippen LogP contribution is -2.29. The quantitative estimate of drug-likeness (QED) is 0.624. The van der Waals surface area contributed by atoms with Gasteiger partial charge in [-0.25, -0.2) is 4.90 Å². The molecule has 7 heteroatoms. The van der Waals surface area contributed by atoms with Crippen molar-refractivity contribution in [3.8, 4) is 17.2 Å². The molecular weight excluding hydrogens is 374 g/mol. The van der Waals surface area contributed by atoms with Crippen molar-refractivity contribution in [2.45, 2.75) is 0 Å². The number of aromatic carboxylic acids is 1. The third-order valence-corrected chi connectivity index (χ3v) is 4.51. The van der Waals surface area contributed by atoms with Gasteiger partial charge < -0.3 is 19.4 Å². The van der Waals surface area contributed by atoms with Crippen LogP contribution in [0.5, 0.6) is 17.2 Å². The molecule has 3 aromatic carbocycles. The van der Waals surface area contributed by atoms with Gasteiger partial charge in [0.25, 0.3) is 11.8 Å². The second-order valence-corrected chi connectivity index (χ2v) is 6.27. The molecule has 144 valence electrons. The Morgan fingerprint density at radius 2 is 1.38 bits per heavy atom. The SMILES string of the molecule is COc1ccc(N2C(=O)c3ccc(Oc4ccc(C(=O)[O-])cc4)cc3C2=O)cc1. The summed E-state index contributed by atoms with van der Waals surface area (Å²) in [6.45, 7) is 0. The van der Waals surface area contributed by atoms with Crippen LogP contribution in [0.2, 0.25) is 0 Å². The number of ether oxygens (including phenoxy) is 2. The number of carboxylic acids is 1. The summed E-state index contributed by atoms with van der Waals surface area (Å²) in [5.74, 6) is -0.795. The molecule has 7 nitrogen and oxygen atoms in total. The molecule has 0 spiro atoms. The molecule has 1 aliphatic rings. The van der Waals surface area contributed by atoms with Crippen molar-refractivity contribution in [2.75, 3.05) is 12.0 Å². The molecule has 0 radical (unpaired) electrons. The molecule has 2 amide bonds. The minimum atomic E-state index is -1.28. The number of carboxylic acid groups (broad SMARTS) is 1. The molecule has 0 saturated carbocycles. The highest BCUT2D eigenvalue weighted by Crippen LogP contribution is 2.33. The Morgan fingerprint density at radius 1 is 0.793 bits per heavy atom. The fraction of sp³-hybridized carbons (Fsp3) is 0.0455. The van der Waals surface area contributed by atoms with E-state index >= 15 is 0 Å². The van der Waals surface area contributed by atoms with Crippen molar-refractivity contribution in [2.24, 2.45) is 0 Å². The van der Waals surface area contributed by atoms with Gasteiger partial charge in [0.2, 0.25) is 0 Å². The molecule has 0 unspecified atom stereocenters. The zero-order valence-electron chi connectivity index (χ0n) is 15.2. The van der Waals surface area contributed by atoms with Crippen LogP contribution in [0.1, 0.15) is 31.1 Å². The predicted octanol–water partition coefficient (Wildman–Crippen LogP) is 2.65. The summed E-state index contributed by atoms with van der Waals surface area (Å²) in [6.07, 6.45) is 0. The average molecular weight is 388 g/mol. The van der Waals surface area contributed by atoms with E-state index in [9.17, 15) is 19.5 Å². The molecule has 1 heterocycles. The summed E-state index contributed by atoms with van der Waals surface area (Å²) in [4.78, 5) is 37.5. The number of amides is 2. The number of anilines is 1. The Morgan fingerprint density at radius 3 is 2.00 bits per heavy atom. The summed E-state index contributed by atoms with van der Waals surface area (Å²) in [7, 11) is 1.53. The van der Waals surface area contributed by atoms with Crippen molar-refractivity contribution in [3.05, 3.63) is 83.4 Å². The lowest BCUT2D eigenvalue weighted by atomic mass is 10.1. The average Bonchev–Trinajstić information content (AvgIpc) is 2.98. The Labute approximate surface area is 165 Å². The first-order valence-corrected chi connectivity index (χ1v) is 8.64. The highest BCUT2D eigenvalue weighted by Gasteiger charge is 2.37. The molecule has 0 saturated heterocycles. The molecule has 0 fully saturated rings. The third kappa shape index (κ3) is 3.29. The number of carbonyl (C=O) groups excluding carboxylic acids is 3. The van der Waals surface area contributed by atoms with Gasteiger partial charge in [-0.3, -0.25) is 9.59 Å². The molecule has 0 bridgehead atoms. The first-order chi connectivity index (χ1) is 14.0. The number of rotatable bonds is 5. The van der Waals surface area contributed by atoms with Gasteiger partial charge in [-0.05, 0) is 72.3 Å². The maximum Gasteiger partial charge on any atom is 0.266 e. The third-order valence-electron chi connectivity index (χ3n) is 4.51. The number of hydrogen-bond donors (Lipinski definition) is 0. The van der Waals surface area contributed by atoms with E-state index in [0.717, 1.165) is 4.90 Å². The van der Waals surface area contributed by atoms with Gasteiger partial charge in [-0.15, -0.1) is 0 Å². The van der Waals surface area contributed by atoms with Crippen molar-refractivity contribution in [1.82, 2.24) is 0 Å². The topological polar surface area (TPSA) is 96.0 Å². The zero-order valence-corrected chi connectivity index (χ0v) is 15.2. The number of methoxy groups -OCH3 is 1. The fourth-order valence-corrected chi connectivity index (χ4v) is 3.04. The summed E-state index contributed by atoms with van der Waals surface area (Å²) < 4.78 is 10.8. The van der Waals surface area contributed by atoms with Crippen LogP contribution in [0.15, 0.2) is 66.7 Å². The van der Waals surface area contributed by atoms with E-state index in [0.29, 0.717) is 22.9 Å². The number of carbonyl (C=O) groups is 3. The minimum Gasteiger partial charge on any atom is -0.545 e. The second-order valence-electron chi connectivity index (χ2n) is 6.27. The molecule has 1 aliphatic heterocycles. The lowest BCUT2D eigenvalue weighted by Gasteiger charge is -2.14. The molecule has 29 heavy (non-hydrogen) atoms. The normalized spacial score (nSPS) is 12.7. The molecule has 0 atom stereocenters. The van der Waals surface area contributed by atoms with Crippen LogP contribution >= 0.6 is 0 Å². The van der Waals surface area contributed by atoms with Gasteiger partial charge in [0.1, 0.15) is 17.2 Å². The van der Waals surface area contributed by atoms with E-state index in [4.69, 9.17) is 9.47 Å². The highest BCUT2D eigenvalue weighted by molar-refractivity contribution is 6.34. The maximum atomic E-state index is 12.8. The van der Waals surface area contributed by atoms with Crippen LogP contribution in [0.3, 0.4) is 0 Å². The first-order valence-electron chi connectivity index (χ1n) is 8.64. The maximum absolute atomic E-state index is 12.8. The number of imide groups is 1. The Hall–Kier alpha value is -4.13. The van der Waals surface area contributed by atoms with Gasteiger partial charge in [0, 0.05) is 0 Å². The van der Waals surface area contributed by atoms with Crippen LogP contribution in [-0.2, 0) is 0 Å². The van der Waals surface area contributed by atoms with Crippen LogP contribution in [0.25, 0.3) is 0 Å². The standard InChI is InChI=1S/C22H15NO6/c1-28-15-8-4-14(5-9-15)23-20(24)18-11-10-17(12-19(18)21(23)25)29-16-6-2-13(3-7-16)22(26)27/h2-12H,1H3,(H,26,27)/p-1. The first kappa shape index (κ1) is 18.2. The monoisotopic (exact) mass is 388 g/mol. The summed E-state index contributed by atoms with van der Waals surface area (Å²) in [5, 5.41) is 10.8. The molecule has 0 aliphatic carbocycles. The zero-order chi connectivity index (χ0) is 20.5. The number of fused-ring (bicyclic) bond motifs is 1. The lowest BCUT2D eigenvalue weighted by molar-refractivity contribution is -0.255. The van der Waals surface area contributed by atoms with E-state index in [1.165, 1.54) is 43.5 Å². The molecular formula is C22H14NO6-. The smallest absolute Gasteiger partial charge is 0.266 e. The van der Waals surface area contributed by atoms with Crippen LogP contribution < -0.4 is 19.5 Å². The van der Waals surface area contributed by atoms with E-state index in [-0.39, 0.29) is 16.7 Å². The van der Waals surface area contributed by atoms with Crippen molar-refractivity contribution < 1.29 is 29.0 Å². The Kier molecular flexibility index (Phi) is 4.48. The van der Waals surface area contributed by atoms with Gasteiger partial charge in [-0.2, -0.15) is 0 Å². The van der Waals surface area contributed by atoms with Crippen molar-refractivity contribution in [1.29, 1.82) is 0 Å². The number of benzene rings is 3. The highest BCUT2D eigenvalue weighted by atomic mass is 16.5. The van der Waals surface area contributed by atoms with E-state index in [1.807, 2.05) is 0 Å². The Bertz CT molecular complexity index is 1120. The van der Waals surface area contributed by atoms with Crippen LogP contribution in [-0.4, -0.2) is 24.9 Å². The van der Waals surface area contributed by atoms with Gasteiger partial charge in [0.15, 0.2) is 0 Å². The Balaban J connectivity index is 1.60. The molecule has 0 N–H and O–H groups in total. The number of nitrogens with zero attached hydrogens (tertiary/aromatic N) is 1. The molecule has 3 aromatic rings. The van der Waals surface area contributed by atoms with Crippen molar-refractivity contribution in [3.63, 3.8) is 0 Å². The van der Waals surface area contributed by atoms with Gasteiger partial charge in [-0.1, -0.05) is 0 Å². The summed E-state index contributed by atoms with van der Waals surface area (Å²) in [5.41, 5.74) is 0.986. The summed E-state index contributed by atoms with van der Waals surface area (Å²) in [6, 6.07) is 16.9. The van der Waals surface area contributed by atoms with Gasteiger partial charge >= 0.3 is 0 Å². The van der Waals surface area contributed by atoms with E-state index < -0.39 is 17.8 Å². The predicted molar refractivity (Wildman–Crippen MR) is 101 cm³/mol. The molecule has 0 aromatic heterocycles.